The van der Waals surface area contributed by atoms with Gasteiger partial charge in [0.1, 0.15) is 5.76 Å². The lowest BCUT2D eigenvalue weighted by molar-refractivity contribution is -0.119. The van der Waals surface area contributed by atoms with E-state index in [2.05, 4.69) is 15.8 Å². The van der Waals surface area contributed by atoms with E-state index in [0.717, 1.165) is 23.5 Å². The van der Waals surface area contributed by atoms with Crippen molar-refractivity contribution < 1.29 is 22.2 Å². The zero-order chi connectivity index (χ0) is 16.9. The van der Waals surface area contributed by atoms with Gasteiger partial charge in [-0.25, -0.2) is 5.43 Å². The predicted molar refractivity (Wildman–Crippen MR) is 83.9 cm³/mol. The number of aryl methyl sites for hydroxylation is 1. The summed E-state index contributed by atoms with van der Waals surface area (Å²) in [7, 11) is -4.39. The second-order valence-corrected chi connectivity index (χ2v) is 6.00. The maximum Gasteiger partial charge on any atom is 0.328 e. The van der Waals surface area contributed by atoms with E-state index in [1.54, 1.807) is 0 Å². The third kappa shape index (κ3) is 5.24. The summed E-state index contributed by atoms with van der Waals surface area (Å²) in [5, 5.41) is 5.98. The van der Waals surface area contributed by atoms with E-state index in [0.29, 0.717) is 0 Å². The molecule has 8 nitrogen and oxygen atoms in total. The molecule has 122 valence electrons. The number of hydrazone groups is 1. The van der Waals surface area contributed by atoms with Gasteiger partial charge in [-0.3, -0.25) is 9.35 Å². The van der Waals surface area contributed by atoms with Gasteiger partial charge in [-0.15, -0.1) is 0 Å². The van der Waals surface area contributed by atoms with Gasteiger partial charge in [0.2, 0.25) is 5.09 Å². The van der Waals surface area contributed by atoms with Crippen LogP contribution in [-0.2, 0) is 14.9 Å². The van der Waals surface area contributed by atoms with Gasteiger partial charge in [0.05, 0.1) is 12.8 Å². The third-order valence-electron chi connectivity index (χ3n) is 2.71. The van der Waals surface area contributed by atoms with Crippen molar-refractivity contribution in [2.75, 3.05) is 11.9 Å². The molecule has 0 aliphatic carbocycles. The molecule has 0 fully saturated rings. The summed E-state index contributed by atoms with van der Waals surface area (Å²) >= 11 is 0. The SMILES string of the molecule is Cc1cccc(NCC(=O)N/N=C\c2ccc(S(=O)(=O)O)o2)c1. The molecule has 3 N–H and O–H groups in total. The van der Waals surface area contributed by atoms with Crippen molar-refractivity contribution in [2.24, 2.45) is 5.10 Å². The summed E-state index contributed by atoms with van der Waals surface area (Å²) in [5.41, 5.74) is 4.14. The molecule has 0 unspecified atom stereocenters. The summed E-state index contributed by atoms with van der Waals surface area (Å²) in [6, 6.07) is 9.93. The first-order valence-electron chi connectivity index (χ1n) is 6.54. The highest BCUT2D eigenvalue weighted by Crippen LogP contribution is 2.11. The number of nitrogens with zero attached hydrogens (tertiary/aromatic N) is 1. The minimum atomic E-state index is -4.39. The minimum absolute atomic E-state index is 0.0230. The van der Waals surface area contributed by atoms with Crippen LogP contribution in [0.4, 0.5) is 5.69 Å². The number of hydrogen-bond donors (Lipinski definition) is 3. The monoisotopic (exact) mass is 337 g/mol. The number of furan rings is 1. The van der Waals surface area contributed by atoms with E-state index in [-0.39, 0.29) is 18.2 Å². The number of carbonyl (C=O) groups excluding carboxylic acids is 1. The van der Waals surface area contributed by atoms with Gasteiger partial charge in [0.15, 0.2) is 0 Å². The molecule has 0 radical (unpaired) electrons. The molecule has 0 bridgehead atoms. The molecule has 23 heavy (non-hydrogen) atoms. The smallest absolute Gasteiger partial charge is 0.328 e. The van der Waals surface area contributed by atoms with Crippen LogP contribution in [0.25, 0.3) is 0 Å². The molecule has 1 aromatic heterocycles. The maximum atomic E-state index is 11.6. The van der Waals surface area contributed by atoms with Crippen molar-refractivity contribution in [3.05, 3.63) is 47.7 Å². The first-order chi connectivity index (χ1) is 10.8. The lowest BCUT2D eigenvalue weighted by atomic mass is 10.2. The Balaban J connectivity index is 1.83. The Morgan fingerprint density at radius 3 is 2.78 bits per heavy atom. The molecular weight excluding hydrogens is 322 g/mol. The highest BCUT2D eigenvalue weighted by atomic mass is 32.2. The van der Waals surface area contributed by atoms with Gasteiger partial charge in [-0.2, -0.15) is 13.5 Å². The lowest BCUT2D eigenvalue weighted by Gasteiger charge is -2.05. The molecule has 0 saturated heterocycles. The molecule has 0 atom stereocenters. The average Bonchev–Trinajstić information content (AvgIpc) is 2.94. The average molecular weight is 337 g/mol. The Kier molecular flexibility index (Phi) is 5.14. The predicted octanol–water partition coefficient (Wildman–Crippen LogP) is 1.40. The molecule has 1 amide bonds. The summed E-state index contributed by atoms with van der Waals surface area (Å²) in [6.07, 6.45) is 1.12. The quantitative estimate of drug-likeness (QED) is 0.416. The number of hydrogen-bond acceptors (Lipinski definition) is 6. The molecule has 0 aliphatic heterocycles. The highest BCUT2D eigenvalue weighted by Gasteiger charge is 2.13. The first-order valence-corrected chi connectivity index (χ1v) is 7.98. The van der Waals surface area contributed by atoms with Crippen LogP contribution >= 0.6 is 0 Å². The van der Waals surface area contributed by atoms with Crippen LogP contribution < -0.4 is 10.7 Å². The standard InChI is InChI=1S/C14H15N3O5S/c1-10-3-2-4-11(7-10)15-9-13(18)17-16-8-12-5-6-14(22-12)23(19,20)21/h2-8,15H,9H2,1H3,(H,17,18)(H,19,20,21)/b16-8-. The molecule has 0 aliphatic rings. The highest BCUT2D eigenvalue weighted by molar-refractivity contribution is 7.85. The molecular formula is C14H15N3O5S. The topological polar surface area (TPSA) is 121 Å². The summed E-state index contributed by atoms with van der Waals surface area (Å²) in [4.78, 5) is 11.6. The van der Waals surface area contributed by atoms with Crippen LogP contribution in [0.3, 0.4) is 0 Å². The van der Waals surface area contributed by atoms with Gasteiger partial charge in [0, 0.05) is 5.69 Å². The van der Waals surface area contributed by atoms with Gasteiger partial charge >= 0.3 is 10.1 Å². The van der Waals surface area contributed by atoms with E-state index in [9.17, 15) is 13.2 Å². The third-order valence-corrected chi connectivity index (χ3v) is 3.44. The van der Waals surface area contributed by atoms with E-state index in [1.165, 1.54) is 6.07 Å². The Hall–Kier alpha value is -2.65. The Labute approximate surface area is 132 Å². The molecule has 0 saturated carbocycles. The van der Waals surface area contributed by atoms with E-state index >= 15 is 0 Å². The Bertz CT molecular complexity index is 826. The number of nitrogens with one attached hydrogen (secondary N) is 2. The molecule has 9 heteroatoms. The fourth-order valence-corrected chi connectivity index (χ4v) is 2.13. The molecule has 1 heterocycles. The van der Waals surface area contributed by atoms with Gasteiger partial charge in [-0.05, 0) is 36.8 Å². The van der Waals surface area contributed by atoms with Crippen molar-refractivity contribution >= 4 is 27.9 Å². The van der Waals surface area contributed by atoms with Crippen LogP contribution in [0, 0.1) is 6.92 Å². The second-order valence-electron chi connectivity index (χ2n) is 4.65. The number of carbonyl (C=O) groups is 1. The van der Waals surface area contributed by atoms with Gasteiger partial charge in [0.25, 0.3) is 5.91 Å². The first kappa shape index (κ1) is 16.7. The number of benzene rings is 1. The fraction of sp³-hybridized carbons (Fsp3) is 0.143. The van der Waals surface area contributed by atoms with Crippen LogP contribution in [0.1, 0.15) is 11.3 Å². The number of anilines is 1. The zero-order valence-electron chi connectivity index (χ0n) is 12.2. The Morgan fingerprint density at radius 2 is 2.13 bits per heavy atom. The number of amides is 1. The molecule has 0 spiro atoms. The normalized spacial score (nSPS) is 11.6. The second kappa shape index (κ2) is 7.07. The summed E-state index contributed by atoms with van der Waals surface area (Å²) < 4.78 is 35.2. The molecule has 1 aromatic carbocycles. The summed E-state index contributed by atoms with van der Waals surface area (Å²) in [5.74, 6) is -0.311. The van der Waals surface area contributed by atoms with E-state index in [1.807, 2.05) is 31.2 Å². The fourth-order valence-electron chi connectivity index (χ4n) is 1.69. The van der Waals surface area contributed by atoms with Crippen LogP contribution in [0.5, 0.6) is 0 Å². The maximum absolute atomic E-state index is 11.6. The van der Waals surface area contributed by atoms with Crippen molar-refractivity contribution in [3.63, 3.8) is 0 Å². The van der Waals surface area contributed by atoms with Crippen molar-refractivity contribution in [1.82, 2.24) is 5.43 Å². The van der Waals surface area contributed by atoms with E-state index < -0.39 is 15.2 Å². The van der Waals surface area contributed by atoms with Crippen LogP contribution in [0.15, 0.2) is 51.0 Å². The zero-order valence-corrected chi connectivity index (χ0v) is 13.0. The molecule has 2 aromatic rings. The molecule has 2 rings (SSSR count). The van der Waals surface area contributed by atoms with E-state index in [4.69, 9.17) is 8.97 Å². The largest absolute Gasteiger partial charge is 0.441 e. The number of rotatable bonds is 6. The van der Waals surface area contributed by atoms with Gasteiger partial charge < -0.3 is 9.73 Å². The van der Waals surface area contributed by atoms with Gasteiger partial charge in [-0.1, -0.05) is 12.1 Å². The lowest BCUT2D eigenvalue weighted by Crippen LogP contribution is -2.25. The van der Waals surface area contributed by atoms with Crippen LogP contribution in [-0.4, -0.2) is 31.6 Å². The van der Waals surface area contributed by atoms with Crippen molar-refractivity contribution in [3.8, 4) is 0 Å². The minimum Gasteiger partial charge on any atom is -0.441 e. The van der Waals surface area contributed by atoms with Crippen molar-refractivity contribution in [2.45, 2.75) is 12.0 Å². The van der Waals surface area contributed by atoms with Crippen molar-refractivity contribution in [1.29, 1.82) is 0 Å². The summed E-state index contributed by atoms with van der Waals surface area (Å²) in [6.45, 7) is 1.97. The van der Waals surface area contributed by atoms with Crippen LogP contribution in [0.2, 0.25) is 0 Å². The Morgan fingerprint density at radius 1 is 1.35 bits per heavy atom.